The minimum Gasteiger partial charge on any atom is -0.361 e. The molecule has 2 nitrogen and oxygen atoms in total. The second kappa shape index (κ2) is 4.77. The summed E-state index contributed by atoms with van der Waals surface area (Å²) in [5.74, 6) is 0.556. The monoisotopic (exact) mass is 242 g/mol. The van der Waals surface area contributed by atoms with E-state index in [1.807, 2.05) is 0 Å². The predicted molar refractivity (Wildman–Crippen MR) is 76.9 cm³/mol. The van der Waals surface area contributed by atoms with Crippen LogP contribution in [-0.2, 0) is 19.3 Å². The maximum atomic E-state index is 5.73. The lowest BCUT2D eigenvalue weighted by Gasteiger charge is -2.16. The second-order valence-corrected chi connectivity index (χ2v) is 5.73. The van der Waals surface area contributed by atoms with Crippen molar-refractivity contribution in [1.29, 1.82) is 0 Å². The molecular formula is C16H22N2. The van der Waals surface area contributed by atoms with Crippen LogP contribution in [0.5, 0.6) is 0 Å². The summed E-state index contributed by atoms with van der Waals surface area (Å²) in [5.41, 5.74) is 11.6. The van der Waals surface area contributed by atoms with Crippen LogP contribution in [-0.4, -0.2) is 11.5 Å². The number of aromatic nitrogens is 1. The molecule has 0 bridgehead atoms. The van der Waals surface area contributed by atoms with Gasteiger partial charge in [-0.05, 0) is 73.4 Å². The van der Waals surface area contributed by atoms with E-state index in [4.69, 9.17) is 5.73 Å². The fourth-order valence-electron chi connectivity index (χ4n) is 3.04. The van der Waals surface area contributed by atoms with Crippen molar-refractivity contribution in [2.24, 2.45) is 11.7 Å². The molecule has 0 amide bonds. The normalized spacial score (nSPS) is 16.8. The first-order chi connectivity index (χ1) is 8.78. The molecule has 2 aromatic rings. The molecule has 96 valence electrons. The van der Waals surface area contributed by atoms with Crippen molar-refractivity contribution in [2.75, 3.05) is 6.54 Å². The van der Waals surface area contributed by atoms with Gasteiger partial charge in [0.1, 0.15) is 0 Å². The summed E-state index contributed by atoms with van der Waals surface area (Å²) in [6.45, 7) is 2.98. The summed E-state index contributed by atoms with van der Waals surface area (Å²) >= 11 is 0. The number of hydrogen-bond donors (Lipinski definition) is 2. The third kappa shape index (κ3) is 2.05. The molecule has 0 fully saturated rings. The Morgan fingerprint density at radius 3 is 2.67 bits per heavy atom. The van der Waals surface area contributed by atoms with Gasteiger partial charge >= 0.3 is 0 Å². The van der Waals surface area contributed by atoms with Crippen LogP contribution >= 0.6 is 0 Å². The SMILES string of the molecule is CC(CN)Cc1c[nH]c2cc3c(cc12)CCCC3. The van der Waals surface area contributed by atoms with Gasteiger partial charge in [0.2, 0.25) is 0 Å². The van der Waals surface area contributed by atoms with E-state index in [0.717, 1.165) is 13.0 Å². The van der Waals surface area contributed by atoms with Crippen LogP contribution in [0.3, 0.4) is 0 Å². The average Bonchev–Trinajstić information content (AvgIpc) is 2.78. The quantitative estimate of drug-likeness (QED) is 0.852. The molecule has 2 heteroatoms. The summed E-state index contributed by atoms with van der Waals surface area (Å²) in [4.78, 5) is 3.43. The van der Waals surface area contributed by atoms with Gasteiger partial charge in [-0.15, -0.1) is 0 Å². The third-order valence-electron chi connectivity index (χ3n) is 4.20. The van der Waals surface area contributed by atoms with Crippen LogP contribution in [0, 0.1) is 5.92 Å². The highest BCUT2D eigenvalue weighted by Crippen LogP contribution is 2.29. The molecule has 18 heavy (non-hydrogen) atoms. The predicted octanol–water partition coefficient (Wildman–Crippen LogP) is 3.18. The van der Waals surface area contributed by atoms with E-state index in [0.29, 0.717) is 5.92 Å². The second-order valence-electron chi connectivity index (χ2n) is 5.73. The minimum atomic E-state index is 0.556. The highest BCUT2D eigenvalue weighted by Gasteiger charge is 2.13. The molecular weight excluding hydrogens is 220 g/mol. The number of hydrogen-bond acceptors (Lipinski definition) is 1. The largest absolute Gasteiger partial charge is 0.361 e. The lowest BCUT2D eigenvalue weighted by Crippen LogP contribution is -2.12. The van der Waals surface area contributed by atoms with E-state index in [2.05, 4.69) is 30.2 Å². The van der Waals surface area contributed by atoms with Crippen molar-refractivity contribution in [3.63, 3.8) is 0 Å². The standard InChI is InChI=1S/C16H22N2/c1-11(9-17)6-14-10-18-16-8-13-5-3-2-4-12(13)7-15(14)16/h7-8,10-11,18H,2-6,9,17H2,1H3. The van der Waals surface area contributed by atoms with E-state index in [1.54, 1.807) is 11.1 Å². The molecule has 0 saturated carbocycles. The zero-order valence-electron chi connectivity index (χ0n) is 11.1. The lowest BCUT2D eigenvalue weighted by atomic mass is 9.89. The van der Waals surface area contributed by atoms with Gasteiger partial charge in [0.05, 0.1) is 0 Å². The molecule has 1 unspecified atom stereocenters. The number of benzene rings is 1. The van der Waals surface area contributed by atoms with Gasteiger partial charge in [0, 0.05) is 17.1 Å². The number of H-pyrrole nitrogens is 1. The molecule has 1 aliphatic rings. The van der Waals surface area contributed by atoms with Gasteiger partial charge < -0.3 is 10.7 Å². The van der Waals surface area contributed by atoms with Crippen LogP contribution < -0.4 is 5.73 Å². The molecule has 0 aliphatic heterocycles. The van der Waals surface area contributed by atoms with Crippen LogP contribution in [0.1, 0.15) is 36.5 Å². The maximum Gasteiger partial charge on any atom is 0.0459 e. The number of aryl methyl sites for hydroxylation is 2. The van der Waals surface area contributed by atoms with Crippen molar-refractivity contribution in [1.82, 2.24) is 4.98 Å². The van der Waals surface area contributed by atoms with E-state index in [9.17, 15) is 0 Å². The number of nitrogens with two attached hydrogens (primary N) is 1. The summed E-state index contributed by atoms with van der Waals surface area (Å²) in [6.07, 6.45) is 8.44. The zero-order valence-corrected chi connectivity index (χ0v) is 11.1. The van der Waals surface area contributed by atoms with Crippen LogP contribution in [0.25, 0.3) is 10.9 Å². The van der Waals surface area contributed by atoms with Gasteiger partial charge in [-0.25, -0.2) is 0 Å². The third-order valence-corrected chi connectivity index (χ3v) is 4.20. The van der Waals surface area contributed by atoms with Crippen molar-refractivity contribution >= 4 is 10.9 Å². The molecule has 1 heterocycles. The van der Waals surface area contributed by atoms with Crippen molar-refractivity contribution < 1.29 is 0 Å². The Morgan fingerprint density at radius 1 is 1.22 bits per heavy atom. The lowest BCUT2D eigenvalue weighted by molar-refractivity contribution is 0.595. The Balaban J connectivity index is 2.02. The summed E-state index contributed by atoms with van der Waals surface area (Å²) < 4.78 is 0. The Hall–Kier alpha value is -1.28. The molecule has 0 saturated heterocycles. The molecule has 1 atom stereocenters. The van der Waals surface area contributed by atoms with Crippen LogP contribution in [0.15, 0.2) is 18.3 Å². The average molecular weight is 242 g/mol. The fraction of sp³-hybridized carbons (Fsp3) is 0.500. The maximum absolute atomic E-state index is 5.73. The van der Waals surface area contributed by atoms with Gasteiger partial charge in [0.15, 0.2) is 0 Å². The Labute approximate surface area is 109 Å². The highest BCUT2D eigenvalue weighted by molar-refractivity contribution is 5.85. The number of rotatable bonds is 3. The van der Waals surface area contributed by atoms with Gasteiger partial charge in [0.25, 0.3) is 0 Å². The molecule has 3 N–H and O–H groups in total. The highest BCUT2D eigenvalue weighted by atomic mass is 14.7. The molecule has 3 rings (SSSR count). The first-order valence-electron chi connectivity index (χ1n) is 7.09. The number of fused-ring (bicyclic) bond motifs is 2. The van der Waals surface area contributed by atoms with Crippen LogP contribution in [0.4, 0.5) is 0 Å². The molecule has 0 spiro atoms. The molecule has 1 aromatic carbocycles. The topological polar surface area (TPSA) is 41.8 Å². The first-order valence-corrected chi connectivity index (χ1v) is 7.09. The number of aromatic amines is 1. The minimum absolute atomic E-state index is 0.556. The summed E-state index contributed by atoms with van der Waals surface area (Å²) in [5, 5.41) is 1.41. The van der Waals surface area contributed by atoms with E-state index in [-0.39, 0.29) is 0 Å². The van der Waals surface area contributed by atoms with Crippen molar-refractivity contribution in [3.05, 3.63) is 35.0 Å². The van der Waals surface area contributed by atoms with E-state index >= 15 is 0 Å². The van der Waals surface area contributed by atoms with E-state index in [1.165, 1.54) is 42.1 Å². The summed E-state index contributed by atoms with van der Waals surface area (Å²) in [7, 11) is 0. The Kier molecular flexibility index (Phi) is 3.13. The summed E-state index contributed by atoms with van der Waals surface area (Å²) in [6, 6.07) is 4.78. The smallest absolute Gasteiger partial charge is 0.0459 e. The van der Waals surface area contributed by atoms with Crippen molar-refractivity contribution in [3.8, 4) is 0 Å². The van der Waals surface area contributed by atoms with E-state index < -0.39 is 0 Å². The zero-order chi connectivity index (χ0) is 12.5. The Morgan fingerprint density at radius 2 is 1.94 bits per heavy atom. The molecule has 1 aromatic heterocycles. The first kappa shape index (κ1) is 11.8. The van der Waals surface area contributed by atoms with Crippen LogP contribution in [0.2, 0.25) is 0 Å². The van der Waals surface area contributed by atoms with Gasteiger partial charge in [-0.1, -0.05) is 6.92 Å². The molecule has 0 radical (unpaired) electrons. The van der Waals surface area contributed by atoms with Gasteiger partial charge in [-0.3, -0.25) is 0 Å². The fourth-order valence-corrected chi connectivity index (χ4v) is 3.04. The molecule has 1 aliphatic carbocycles. The Bertz CT molecular complexity index is 553. The number of nitrogens with one attached hydrogen (secondary N) is 1. The van der Waals surface area contributed by atoms with Gasteiger partial charge in [-0.2, -0.15) is 0 Å². The van der Waals surface area contributed by atoms with Crippen molar-refractivity contribution in [2.45, 2.75) is 39.0 Å².